The van der Waals surface area contributed by atoms with Crippen molar-refractivity contribution in [2.45, 2.75) is 46.6 Å². The molecule has 1 aromatic heterocycles. The number of carbonyl (C=O) groups is 1. The van der Waals surface area contributed by atoms with Gasteiger partial charge >= 0.3 is 0 Å². The fourth-order valence-corrected chi connectivity index (χ4v) is 2.65. The second-order valence-electron chi connectivity index (χ2n) is 6.42. The molecular weight excluding hydrogens is 312 g/mol. The molecule has 1 heterocycles. The van der Waals surface area contributed by atoms with Gasteiger partial charge in [-0.15, -0.1) is 0 Å². The first-order chi connectivity index (χ1) is 12.0. The van der Waals surface area contributed by atoms with Gasteiger partial charge in [-0.3, -0.25) is 4.79 Å². The number of amides is 1. The van der Waals surface area contributed by atoms with Crippen LogP contribution in [0.2, 0.25) is 0 Å². The van der Waals surface area contributed by atoms with Gasteiger partial charge in [0.15, 0.2) is 5.82 Å². The number of aromatic nitrogens is 2. The maximum Gasteiger partial charge on any atom is 0.270 e. The molecule has 0 radical (unpaired) electrons. The van der Waals surface area contributed by atoms with Gasteiger partial charge in [-0.25, -0.2) is 9.97 Å². The van der Waals surface area contributed by atoms with Crippen molar-refractivity contribution in [3.8, 4) is 11.4 Å². The highest BCUT2D eigenvalue weighted by molar-refractivity contribution is 5.93. The maximum absolute atomic E-state index is 12.5. The van der Waals surface area contributed by atoms with Crippen LogP contribution in [0.4, 0.5) is 5.82 Å². The van der Waals surface area contributed by atoms with E-state index in [4.69, 9.17) is 4.98 Å². The van der Waals surface area contributed by atoms with E-state index in [0.717, 1.165) is 37.3 Å². The summed E-state index contributed by atoms with van der Waals surface area (Å²) in [4.78, 5) is 24.0. The number of carbonyl (C=O) groups excluding carboxylic acids is 1. The van der Waals surface area contributed by atoms with Gasteiger partial charge < -0.3 is 10.2 Å². The first-order valence-electron chi connectivity index (χ1n) is 9.05. The summed E-state index contributed by atoms with van der Waals surface area (Å²) < 4.78 is 0. The van der Waals surface area contributed by atoms with Crippen molar-refractivity contribution in [1.29, 1.82) is 0 Å². The molecule has 0 aliphatic heterocycles. The van der Waals surface area contributed by atoms with Crippen LogP contribution >= 0.6 is 0 Å². The molecule has 2 aromatic rings. The van der Waals surface area contributed by atoms with Gasteiger partial charge in [-0.1, -0.05) is 44.2 Å². The third kappa shape index (κ3) is 5.28. The summed E-state index contributed by atoms with van der Waals surface area (Å²) in [5.74, 6) is 1.24. The maximum atomic E-state index is 12.5. The van der Waals surface area contributed by atoms with Crippen LogP contribution in [-0.4, -0.2) is 35.0 Å². The lowest BCUT2D eigenvalue weighted by Crippen LogP contribution is -2.32. The Hall–Kier alpha value is -2.43. The summed E-state index contributed by atoms with van der Waals surface area (Å²) in [7, 11) is 0. The van der Waals surface area contributed by atoms with E-state index in [-0.39, 0.29) is 11.9 Å². The van der Waals surface area contributed by atoms with Gasteiger partial charge in [-0.05, 0) is 26.7 Å². The SMILES string of the molecule is CCCN(CCC)c1cc(C(=O)NC(C)C)nc(-c2ccccc2)n1. The molecule has 0 spiro atoms. The quantitative estimate of drug-likeness (QED) is 0.791. The molecule has 0 saturated carbocycles. The van der Waals surface area contributed by atoms with Crippen molar-refractivity contribution in [2.24, 2.45) is 0 Å². The van der Waals surface area contributed by atoms with Crippen LogP contribution in [0.1, 0.15) is 51.0 Å². The average molecular weight is 340 g/mol. The summed E-state index contributed by atoms with van der Waals surface area (Å²) in [5, 5.41) is 2.92. The standard InChI is InChI=1S/C20H28N4O/c1-5-12-24(13-6-2)18-14-17(20(25)21-15(3)4)22-19(23-18)16-10-8-7-9-11-16/h7-11,14-15H,5-6,12-13H2,1-4H3,(H,21,25). The fourth-order valence-electron chi connectivity index (χ4n) is 2.65. The van der Waals surface area contributed by atoms with Crippen molar-refractivity contribution in [3.63, 3.8) is 0 Å². The third-order valence-corrected chi connectivity index (χ3v) is 3.71. The molecule has 0 fully saturated rings. The number of nitrogens with zero attached hydrogens (tertiary/aromatic N) is 3. The predicted octanol–water partition coefficient (Wildman–Crippen LogP) is 3.91. The van der Waals surface area contributed by atoms with E-state index in [1.165, 1.54) is 0 Å². The lowest BCUT2D eigenvalue weighted by atomic mass is 10.2. The Morgan fingerprint density at radius 2 is 1.72 bits per heavy atom. The predicted molar refractivity (Wildman–Crippen MR) is 103 cm³/mol. The van der Waals surface area contributed by atoms with Crippen molar-refractivity contribution >= 4 is 11.7 Å². The van der Waals surface area contributed by atoms with Crippen LogP contribution in [-0.2, 0) is 0 Å². The van der Waals surface area contributed by atoms with E-state index in [1.54, 1.807) is 6.07 Å². The Morgan fingerprint density at radius 1 is 1.08 bits per heavy atom. The minimum atomic E-state index is -0.163. The minimum Gasteiger partial charge on any atom is -0.357 e. The Morgan fingerprint density at radius 3 is 2.28 bits per heavy atom. The van der Waals surface area contributed by atoms with Crippen LogP contribution in [0.3, 0.4) is 0 Å². The van der Waals surface area contributed by atoms with Gasteiger partial charge in [0, 0.05) is 30.8 Å². The van der Waals surface area contributed by atoms with E-state index >= 15 is 0 Å². The Labute approximate surface area is 150 Å². The summed E-state index contributed by atoms with van der Waals surface area (Å²) in [6.45, 7) is 9.99. The number of anilines is 1. The van der Waals surface area contributed by atoms with Crippen molar-refractivity contribution in [1.82, 2.24) is 15.3 Å². The molecule has 1 N–H and O–H groups in total. The van der Waals surface area contributed by atoms with Gasteiger partial charge in [0.05, 0.1) is 0 Å². The van der Waals surface area contributed by atoms with Crippen LogP contribution in [0.15, 0.2) is 36.4 Å². The fraction of sp³-hybridized carbons (Fsp3) is 0.450. The zero-order valence-electron chi connectivity index (χ0n) is 15.6. The van der Waals surface area contributed by atoms with Gasteiger partial charge in [0.1, 0.15) is 11.5 Å². The number of benzene rings is 1. The number of nitrogens with one attached hydrogen (secondary N) is 1. The smallest absolute Gasteiger partial charge is 0.270 e. The van der Waals surface area contributed by atoms with E-state index in [1.807, 2.05) is 44.2 Å². The molecule has 0 aliphatic carbocycles. The molecule has 0 saturated heterocycles. The Kier molecular flexibility index (Phi) is 6.92. The monoisotopic (exact) mass is 340 g/mol. The highest BCUT2D eigenvalue weighted by atomic mass is 16.1. The normalized spacial score (nSPS) is 10.8. The molecule has 134 valence electrons. The summed E-state index contributed by atoms with van der Waals surface area (Å²) in [6, 6.07) is 11.7. The third-order valence-electron chi connectivity index (χ3n) is 3.71. The highest BCUT2D eigenvalue weighted by Gasteiger charge is 2.16. The second kappa shape index (κ2) is 9.16. The summed E-state index contributed by atoms with van der Waals surface area (Å²) in [5.41, 5.74) is 1.32. The topological polar surface area (TPSA) is 58.1 Å². The number of rotatable bonds is 8. The van der Waals surface area contributed by atoms with Gasteiger partial charge in [-0.2, -0.15) is 0 Å². The zero-order chi connectivity index (χ0) is 18.2. The van der Waals surface area contributed by atoms with Crippen LogP contribution in [0.5, 0.6) is 0 Å². The largest absolute Gasteiger partial charge is 0.357 e. The number of hydrogen-bond acceptors (Lipinski definition) is 4. The van der Waals surface area contributed by atoms with Crippen molar-refractivity contribution in [2.75, 3.05) is 18.0 Å². The number of hydrogen-bond donors (Lipinski definition) is 1. The van der Waals surface area contributed by atoms with Crippen LogP contribution < -0.4 is 10.2 Å². The Balaban J connectivity index is 2.48. The molecule has 5 nitrogen and oxygen atoms in total. The molecule has 1 aromatic carbocycles. The lowest BCUT2D eigenvalue weighted by molar-refractivity contribution is 0.0938. The Bertz CT molecular complexity index is 679. The lowest BCUT2D eigenvalue weighted by Gasteiger charge is -2.23. The molecule has 25 heavy (non-hydrogen) atoms. The van der Waals surface area contributed by atoms with Crippen LogP contribution in [0, 0.1) is 0 Å². The van der Waals surface area contributed by atoms with Gasteiger partial charge in [0.2, 0.25) is 0 Å². The molecule has 1 amide bonds. The van der Waals surface area contributed by atoms with Crippen LogP contribution in [0.25, 0.3) is 11.4 Å². The van der Waals surface area contributed by atoms with E-state index in [2.05, 4.69) is 29.0 Å². The van der Waals surface area contributed by atoms with Crippen molar-refractivity contribution in [3.05, 3.63) is 42.1 Å². The molecule has 0 unspecified atom stereocenters. The highest BCUT2D eigenvalue weighted by Crippen LogP contribution is 2.21. The molecule has 0 bridgehead atoms. The average Bonchev–Trinajstić information content (AvgIpc) is 2.61. The van der Waals surface area contributed by atoms with Crippen molar-refractivity contribution < 1.29 is 4.79 Å². The molecule has 0 aliphatic rings. The minimum absolute atomic E-state index is 0.0634. The molecule has 5 heteroatoms. The first-order valence-corrected chi connectivity index (χ1v) is 9.05. The van der Waals surface area contributed by atoms with E-state index in [9.17, 15) is 4.79 Å². The van der Waals surface area contributed by atoms with E-state index < -0.39 is 0 Å². The zero-order valence-corrected chi connectivity index (χ0v) is 15.6. The van der Waals surface area contributed by atoms with E-state index in [0.29, 0.717) is 11.5 Å². The summed E-state index contributed by atoms with van der Waals surface area (Å²) in [6.07, 6.45) is 2.05. The first kappa shape index (κ1) is 18.9. The molecule has 0 atom stereocenters. The molecule has 2 rings (SSSR count). The summed E-state index contributed by atoms with van der Waals surface area (Å²) >= 11 is 0. The molecular formula is C20H28N4O. The second-order valence-corrected chi connectivity index (χ2v) is 6.42. The van der Waals surface area contributed by atoms with Gasteiger partial charge in [0.25, 0.3) is 5.91 Å².